The van der Waals surface area contributed by atoms with Crippen molar-refractivity contribution in [3.05, 3.63) is 29.6 Å². The first kappa shape index (κ1) is 23.4. The maximum absolute atomic E-state index is 14.2. The van der Waals surface area contributed by atoms with Gasteiger partial charge in [0.1, 0.15) is 5.60 Å². The third-order valence-electron chi connectivity index (χ3n) is 5.91. The molecule has 1 heterocycles. The summed E-state index contributed by atoms with van der Waals surface area (Å²) in [6, 6.07) is 4.28. The molecule has 2 fully saturated rings. The molecule has 1 aromatic rings. The number of amides is 2. The van der Waals surface area contributed by atoms with Gasteiger partial charge < -0.3 is 19.3 Å². The van der Waals surface area contributed by atoms with Gasteiger partial charge in [-0.25, -0.2) is 9.18 Å². The Hall–Kier alpha value is -2.31. The van der Waals surface area contributed by atoms with Crippen LogP contribution in [0, 0.1) is 11.7 Å². The molecular weight excluding hydrogens is 399 g/mol. The normalized spacial score (nSPS) is 18.1. The van der Waals surface area contributed by atoms with Gasteiger partial charge in [0.25, 0.3) is 5.91 Å². The van der Waals surface area contributed by atoms with E-state index < -0.39 is 11.4 Å². The number of carbonyl (C=O) groups excluding carboxylic acids is 2. The Bertz CT molecular complexity index is 763. The van der Waals surface area contributed by atoms with Crippen LogP contribution in [0.2, 0.25) is 0 Å². The van der Waals surface area contributed by atoms with Crippen LogP contribution in [-0.4, -0.2) is 60.2 Å². The molecule has 0 radical (unpaired) electrons. The van der Waals surface area contributed by atoms with E-state index in [2.05, 4.69) is 0 Å². The minimum absolute atomic E-state index is 0.133. The number of hydrogen-bond acceptors (Lipinski definition) is 4. The summed E-state index contributed by atoms with van der Waals surface area (Å²) in [5, 5.41) is 0. The quantitative estimate of drug-likeness (QED) is 0.664. The molecule has 0 aromatic heterocycles. The molecule has 2 amide bonds. The topological polar surface area (TPSA) is 59.1 Å². The van der Waals surface area contributed by atoms with Gasteiger partial charge in [0.15, 0.2) is 11.6 Å². The minimum Gasteiger partial charge on any atom is -0.490 e. The fourth-order valence-electron chi connectivity index (χ4n) is 4.16. The highest BCUT2D eigenvalue weighted by Crippen LogP contribution is 2.27. The zero-order valence-corrected chi connectivity index (χ0v) is 19.0. The van der Waals surface area contributed by atoms with Crippen LogP contribution in [0.25, 0.3) is 0 Å². The van der Waals surface area contributed by atoms with Crippen molar-refractivity contribution in [2.24, 2.45) is 5.92 Å². The Labute approximate surface area is 184 Å². The summed E-state index contributed by atoms with van der Waals surface area (Å²) in [7, 11) is 0. The maximum Gasteiger partial charge on any atom is 0.410 e. The number of rotatable bonds is 5. The lowest BCUT2D eigenvalue weighted by Gasteiger charge is -2.35. The van der Waals surface area contributed by atoms with Crippen LogP contribution in [0.3, 0.4) is 0 Å². The molecule has 0 N–H and O–H groups in total. The van der Waals surface area contributed by atoms with E-state index in [-0.39, 0.29) is 17.7 Å². The lowest BCUT2D eigenvalue weighted by molar-refractivity contribution is 0.0141. The van der Waals surface area contributed by atoms with E-state index >= 15 is 0 Å². The highest BCUT2D eigenvalue weighted by molar-refractivity contribution is 5.94. The molecule has 7 heteroatoms. The smallest absolute Gasteiger partial charge is 0.410 e. The van der Waals surface area contributed by atoms with Gasteiger partial charge in [0.2, 0.25) is 0 Å². The van der Waals surface area contributed by atoms with Crippen molar-refractivity contribution in [3.8, 4) is 5.75 Å². The van der Waals surface area contributed by atoms with Crippen LogP contribution in [0.1, 0.15) is 69.7 Å². The molecule has 172 valence electrons. The monoisotopic (exact) mass is 434 g/mol. The molecule has 6 nitrogen and oxygen atoms in total. The van der Waals surface area contributed by atoms with Crippen LogP contribution >= 0.6 is 0 Å². The summed E-state index contributed by atoms with van der Waals surface area (Å²) >= 11 is 0. The van der Waals surface area contributed by atoms with Crippen molar-refractivity contribution in [3.63, 3.8) is 0 Å². The third-order valence-corrected chi connectivity index (χ3v) is 5.91. The van der Waals surface area contributed by atoms with E-state index in [1.165, 1.54) is 50.3 Å². The number of benzene rings is 1. The van der Waals surface area contributed by atoms with Gasteiger partial charge in [-0.15, -0.1) is 0 Å². The minimum atomic E-state index is -0.550. The fraction of sp³-hybridized carbons (Fsp3) is 0.667. The fourth-order valence-corrected chi connectivity index (χ4v) is 4.16. The van der Waals surface area contributed by atoms with E-state index in [0.717, 1.165) is 6.42 Å². The van der Waals surface area contributed by atoms with Crippen LogP contribution in [0.5, 0.6) is 5.75 Å². The lowest BCUT2D eigenvalue weighted by atomic mass is 9.87. The van der Waals surface area contributed by atoms with Crippen molar-refractivity contribution in [1.29, 1.82) is 0 Å². The number of halogens is 1. The zero-order valence-electron chi connectivity index (χ0n) is 19.0. The second-order valence-corrected chi connectivity index (χ2v) is 9.55. The number of carbonyl (C=O) groups is 2. The molecule has 1 aromatic carbocycles. The molecular formula is C24H35FN2O4. The Morgan fingerprint density at radius 1 is 1.03 bits per heavy atom. The molecule has 1 saturated carbocycles. The van der Waals surface area contributed by atoms with Crippen molar-refractivity contribution in [2.45, 2.75) is 64.9 Å². The van der Waals surface area contributed by atoms with E-state index in [1.807, 2.05) is 20.8 Å². The van der Waals surface area contributed by atoms with Gasteiger partial charge in [0.05, 0.1) is 6.61 Å². The Morgan fingerprint density at radius 3 is 2.32 bits per heavy atom. The van der Waals surface area contributed by atoms with Gasteiger partial charge in [-0.1, -0.05) is 32.1 Å². The average molecular weight is 435 g/mol. The van der Waals surface area contributed by atoms with Gasteiger partial charge in [-0.2, -0.15) is 0 Å². The average Bonchev–Trinajstić information content (AvgIpc) is 2.74. The molecule has 3 rings (SSSR count). The summed E-state index contributed by atoms with van der Waals surface area (Å²) in [5.74, 6) is 0.160. The molecule has 0 unspecified atom stereocenters. The third kappa shape index (κ3) is 6.84. The summed E-state index contributed by atoms with van der Waals surface area (Å²) in [6.45, 7) is 7.59. The molecule has 0 atom stereocenters. The van der Waals surface area contributed by atoms with Gasteiger partial charge in [-0.3, -0.25) is 4.79 Å². The Kier molecular flexibility index (Phi) is 7.79. The number of piperazine rings is 1. The molecule has 0 bridgehead atoms. The molecule has 1 saturated heterocycles. The SMILES string of the molecule is CC(C)(C)OC(=O)N1CCN(C(=O)c2ccc(F)c(OCCC3CCCCC3)c2)CC1. The molecule has 2 aliphatic rings. The molecule has 1 aliphatic heterocycles. The highest BCUT2D eigenvalue weighted by atomic mass is 19.1. The Balaban J connectivity index is 1.52. The number of ether oxygens (including phenoxy) is 2. The van der Waals surface area contributed by atoms with Crippen molar-refractivity contribution >= 4 is 12.0 Å². The number of hydrogen-bond donors (Lipinski definition) is 0. The summed E-state index contributed by atoms with van der Waals surface area (Å²) < 4.78 is 25.3. The van der Waals surface area contributed by atoms with E-state index in [9.17, 15) is 14.0 Å². The lowest BCUT2D eigenvalue weighted by Crippen LogP contribution is -2.51. The van der Waals surface area contributed by atoms with Gasteiger partial charge >= 0.3 is 6.09 Å². The van der Waals surface area contributed by atoms with Crippen molar-refractivity contribution in [2.75, 3.05) is 32.8 Å². The first-order chi connectivity index (χ1) is 14.7. The summed E-state index contributed by atoms with van der Waals surface area (Å²) in [6.07, 6.45) is 6.84. The zero-order chi connectivity index (χ0) is 22.4. The van der Waals surface area contributed by atoms with E-state index in [1.54, 1.807) is 9.80 Å². The number of nitrogens with zero attached hydrogens (tertiary/aromatic N) is 2. The van der Waals surface area contributed by atoms with Crippen LogP contribution in [0.15, 0.2) is 18.2 Å². The van der Waals surface area contributed by atoms with Crippen molar-refractivity contribution in [1.82, 2.24) is 9.80 Å². The standard InChI is InChI=1S/C24H35FN2O4/c1-24(2,3)31-23(29)27-14-12-26(13-15-27)22(28)19-9-10-20(25)21(17-19)30-16-11-18-7-5-4-6-8-18/h9-10,17-18H,4-8,11-16H2,1-3H3. The van der Waals surface area contributed by atoms with Crippen LogP contribution in [0.4, 0.5) is 9.18 Å². The highest BCUT2D eigenvalue weighted by Gasteiger charge is 2.28. The second-order valence-electron chi connectivity index (χ2n) is 9.55. The predicted octanol–water partition coefficient (Wildman–Crippen LogP) is 4.87. The largest absolute Gasteiger partial charge is 0.490 e. The van der Waals surface area contributed by atoms with Gasteiger partial charge in [-0.05, 0) is 51.3 Å². The van der Waals surface area contributed by atoms with E-state index in [0.29, 0.717) is 44.3 Å². The molecule has 1 aliphatic carbocycles. The molecule has 31 heavy (non-hydrogen) atoms. The predicted molar refractivity (Wildman–Crippen MR) is 117 cm³/mol. The summed E-state index contributed by atoms with van der Waals surface area (Å²) in [5.41, 5.74) is -0.147. The van der Waals surface area contributed by atoms with E-state index in [4.69, 9.17) is 9.47 Å². The first-order valence-corrected chi connectivity index (χ1v) is 11.4. The second kappa shape index (κ2) is 10.3. The summed E-state index contributed by atoms with van der Waals surface area (Å²) in [4.78, 5) is 28.4. The van der Waals surface area contributed by atoms with Crippen molar-refractivity contribution < 1.29 is 23.5 Å². The maximum atomic E-state index is 14.2. The molecule has 0 spiro atoms. The first-order valence-electron chi connectivity index (χ1n) is 11.4. The Morgan fingerprint density at radius 2 is 1.68 bits per heavy atom. The van der Waals surface area contributed by atoms with Gasteiger partial charge in [0, 0.05) is 31.7 Å². The van der Waals surface area contributed by atoms with Crippen LogP contribution < -0.4 is 4.74 Å². The van der Waals surface area contributed by atoms with Crippen LogP contribution in [-0.2, 0) is 4.74 Å².